The van der Waals surface area contributed by atoms with E-state index in [0.717, 1.165) is 12.8 Å². The molecule has 3 nitrogen and oxygen atoms in total. The van der Waals surface area contributed by atoms with Gasteiger partial charge in [0.05, 0.1) is 6.04 Å². The zero-order valence-corrected chi connectivity index (χ0v) is 8.13. The van der Waals surface area contributed by atoms with E-state index in [1.807, 2.05) is 6.08 Å². The van der Waals surface area contributed by atoms with Crippen LogP contribution < -0.4 is 10.6 Å². The summed E-state index contributed by atoms with van der Waals surface area (Å²) in [4.78, 5) is 11.0. The van der Waals surface area contributed by atoms with Gasteiger partial charge in [0.15, 0.2) is 0 Å². The highest BCUT2D eigenvalue weighted by atomic mass is 16.2. The molecule has 0 saturated carbocycles. The van der Waals surface area contributed by atoms with Crippen molar-refractivity contribution in [2.24, 2.45) is 0 Å². The van der Waals surface area contributed by atoms with Crippen LogP contribution >= 0.6 is 0 Å². The van der Waals surface area contributed by atoms with E-state index in [2.05, 4.69) is 29.7 Å². The van der Waals surface area contributed by atoms with Crippen molar-refractivity contribution in [3.63, 3.8) is 0 Å². The number of allylic oxidation sites excluding steroid dienone is 2. The number of rotatable bonds is 2. The van der Waals surface area contributed by atoms with Crippen molar-refractivity contribution in [2.75, 3.05) is 7.05 Å². The highest BCUT2D eigenvalue weighted by Crippen LogP contribution is 2.12. The van der Waals surface area contributed by atoms with E-state index in [9.17, 15) is 4.79 Å². The van der Waals surface area contributed by atoms with Crippen LogP contribution in [0.1, 0.15) is 19.8 Å². The third-order valence-corrected chi connectivity index (χ3v) is 2.13. The number of hydrogen-bond donors (Lipinski definition) is 2. The van der Waals surface area contributed by atoms with Crippen LogP contribution in [0.5, 0.6) is 0 Å². The molecule has 0 bridgehead atoms. The summed E-state index contributed by atoms with van der Waals surface area (Å²) in [6.07, 6.45) is 8.23. The van der Waals surface area contributed by atoms with Gasteiger partial charge in [-0.2, -0.15) is 0 Å². The molecule has 0 fully saturated rings. The van der Waals surface area contributed by atoms with Crippen molar-refractivity contribution in [3.05, 3.63) is 23.8 Å². The first-order chi connectivity index (χ1) is 6.26. The molecular formula is C10H16N2O. The molecule has 0 heterocycles. The standard InChI is InChI=1S/C10H16N2O/c1-3-8-4-6-9(7-5-8)12-10(13)11-2/h4-6,9H,3,7H2,1-2H3,(H2,11,12,13). The Labute approximate surface area is 78.9 Å². The molecule has 0 aromatic carbocycles. The van der Waals surface area contributed by atoms with Crippen molar-refractivity contribution >= 4 is 6.03 Å². The van der Waals surface area contributed by atoms with E-state index >= 15 is 0 Å². The average molecular weight is 180 g/mol. The van der Waals surface area contributed by atoms with E-state index in [4.69, 9.17) is 0 Å². The van der Waals surface area contributed by atoms with Crippen LogP contribution in [-0.4, -0.2) is 19.1 Å². The number of carbonyl (C=O) groups excluding carboxylic acids is 1. The summed E-state index contributed by atoms with van der Waals surface area (Å²) in [6, 6.07) is 0.0262. The van der Waals surface area contributed by atoms with E-state index < -0.39 is 0 Å². The van der Waals surface area contributed by atoms with Gasteiger partial charge in [-0.1, -0.05) is 30.7 Å². The van der Waals surface area contributed by atoms with Crippen LogP contribution in [0.15, 0.2) is 23.8 Å². The van der Waals surface area contributed by atoms with Gasteiger partial charge >= 0.3 is 6.03 Å². The zero-order valence-electron chi connectivity index (χ0n) is 8.13. The third-order valence-electron chi connectivity index (χ3n) is 2.13. The summed E-state index contributed by atoms with van der Waals surface area (Å²) in [5, 5.41) is 5.36. The fourth-order valence-electron chi connectivity index (χ4n) is 1.27. The van der Waals surface area contributed by atoms with E-state index in [0.29, 0.717) is 0 Å². The van der Waals surface area contributed by atoms with Crippen LogP contribution in [0.4, 0.5) is 4.79 Å². The number of carbonyl (C=O) groups is 1. The zero-order chi connectivity index (χ0) is 9.68. The number of hydrogen-bond acceptors (Lipinski definition) is 1. The highest BCUT2D eigenvalue weighted by molar-refractivity contribution is 5.74. The van der Waals surface area contributed by atoms with Gasteiger partial charge in [-0.05, 0) is 12.8 Å². The van der Waals surface area contributed by atoms with Crippen LogP contribution in [0.3, 0.4) is 0 Å². The summed E-state index contributed by atoms with van der Waals surface area (Å²) in [7, 11) is 1.62. The Kier molecular flexibility index (Phi) is 3.55. The molecule has 72 valence electrons. The molecule has 0 saturated heterocycles. The Hall–Kier alpha value is -1.25. The van der Waals surface area contributed by atoms with Crippen LogP contribution in [-0.2, 0) is 0 Å². The molecule has 1 aliphatic rings. The molecule has 1 rings (SSSR count). The Balaban J connectivity index is 2.39. The highest BCUT2D eigenvalue weighted by Gasteiger charge is 2.09. The maximum absolute atomic E-state index is 11.0. The third kappa shape index (κ3) is 2.93. The van der Waals surface area contributed by atoms with Crippen molar-refractivity contribution in [3.8, 4) is 0 Å². The lowest BCUT2D eigenvalue weighted by Gasteiger charge is -2.16. The molecule has 2 N–H and O–H groups in total. The molecule has 1 atom stereocenters. The van der Waals surface area contributed by atoms with E-state index in [-0.39, 0.29) is 12.1 Å². The molecule has 1 aliphatic carbocycles. The van der Waals surface area contributed by atoms with Crippen LogP contribution in [0.25, 0.3) is 0 Å². The lowest BCUT2D eigenvalue weighted by molar-refractivity contribution is 0.241. The normalized spacial score (nSPS) is 20.8. The molecule has 0 aromatic rings. The maximum Gasteiger partial charge on any atom is 0.315 e. The topological polar surface area (TPSA) is 41.1 Å². The van der Waals surface area contributed by atoms with Crippen molar-refractivity contribution < 1.29 is 4.79 Å². The first-order valence-corrected chi connectivity index (χ1v) is 4.61. The molecule has 1 unspecified atom stereocenters. The van der Waals surface area contributed by atoms with Crippen LogP contribution in [0, 0.1) is 0 Å². The summed E-state index contributed by atoms with van der Waals surface area (Å²) < 4.78 is 0. The first kappa shape index (κ1) is 9.84. The molecule has 3 heteroatoms. The minimum Gasteiger partial charge on any atom is -0.341 e. The summed E-state index contributed by atoms with van der Waals surface area (Å²) in [5.74, 6) is 0. The first-order valence-electron chi connectivity index (χ1n) is 4.61. The number of urea groups is 1. The van der Waals surface area contributed by atoms with Gasteiger partial charge < -0.3 is 10.6 Å². The van der Waals surface area contributed by atoms with Crippen molar-refractivity contribution in [1.82, 2.24) is 10.6 Å². The SMILES string of the molecule is CCC1=CCC(NC(=O)NC)C=C1. The molecule has 0 radical (unpaired) electrons. The van der Waals surface area contributed by atoms with Gasteiger partial charge in [0, 0.05) is 7.05 Å². The minimum absolute atomic E-state index is 0.122. The Morgan fingerprint density at radius 2 is 2.46 bits per heavy atom. The predicted octanol–water partition coefficient (Wildman–Crippen LogP) is 1.58. The smallest absolute Gasteiger partial charge is 0.315 e. The quantitative estimate of drug-likeness (QED) is 0.665. The average Bonchev–Trinajstić information content (AvgIpc) is 2.19. The lowest BCUT2D eigenvalue weighted by Crippen LogP contribution is -2.39. The van der Waals surface area contributed by atoms with E-state index in [1.54, 1.807) is 7.05 Å². The van der Waals surface area contributed by atoms with Crippen molar-refractivity contribution in [1.29, 1.82) is 0 Å². The Morgan fingerprint density at radius 1 is 1.69 bits per heavy atom. The van der Waals surface area contributed by atoms with Crippen molar-refractivity contribution in [2.45, 2.75) is 25.8 Å². The van der Waals surface area contributed by atoms with Gasteiger partial charge in [-0.3, -0.25) is 0 Å². The second kappa shape index (κ2) is 4.70. The van der Waals surface area contributed by atoms with Gasteiger partial charge in [0.2, 0.25) is 0 Å². The lowest BCUT2D eigenvalue weighted by atomic mass is 10.0. The minimum atomic E-state index is -0.122. The van der Waals surface area contributed by atoms with E-state index in [1.165, 1.54) is 5.57 Å². The number of nitrogens with one attached hydrogen (secondary N) is 2. The molecule has 0 aromatic heterocycles. The number of amides is 2. The molecular weight excluding hydrogens is 164 g/mol. The van der Waals surface area contributed by atoms with Gasteiger partial charge in [0.1, 0.15) is 0 Å². The molecule has 0 spiro atoms. The molecule has 13 heavy (non-hydrogen) atoms. The fraction of sp³-hybridized carbons (Fsp3) is 0.500. The monoisotopic (exact) mass is 180 g/mol. The largest absolute Gasteiger partial charge is 0.341 e. The fourth-order valence-corrected chi connectivity index (χ4v) is 1.27. The second-order valence-corrected chi connectivity index (χ2v) is 3.06. The summed E-state index contributed by atoms with van der Waals surface area (Å²) >= 11 is 0. The Bertz CT molecular complexity index is 243. The Morgan fingerprint density at radius 3 is 2.92 bits per heavy atom. The van der Waals surface area contributed by atoms with Gasteiger partial charge in [0.25, 0.3) is 0 Å². The maximum atomic E-state index is 11.0. The molecule has 0 aliphatic heterocycles. The van der Waals surface area contributed by atoms with Crippen LogP contribution in [0.2, 0.25) is 0 Å². The van der Waals surface area contributed by atoms with Gasteiger partial charge in [-0.15, -0.1) is 0 Å². The summed E-state index contributed by atoms with van der Waals surface area (Å²) in [6.45, 7) is 2.13. The molecule has 2 amide bonds. The summed E-state index contributed by atoms with van der Waals surface area (Å²) in [5.41, 5.74) is 1.34. The predicted molar refractivity (Wildman–Crippen MR) is 53.5 cm³/mol. The second-order valence-electron chi connectivity index (χ2n) is 3.06. The van der Waals surface area contributed by atoms with Gasteiger partial charge in [-0.25, -0.2) is 4.79 Å².